The number of carbonyl (C=O) groups excluding carboxylic acids is 1. The molecular weight excluding hydrogens is 469 g/mol. The molecular formula is C24H23F3N2O4S. The summed E-state index contributed by atoms with van der Waals surface area (Å²) >= 11 is 0. The van der Waals surface area contributed by atoms with E-state index >= 15 is 0 Å². The van der Waals surface area contributed by atoms with Crippen LogP contribution in [0.4, 0.5) is 24.5 Å². The van der Waals surface area contributed by atoms with E-state index in [1.165, 1.54) is 24.3 Å². The van der Waals surface area contributed by atoms with Crippen LogP contribution in [-0.4, -0.2) is 27.5 Å². The number of benzene rings is 3. The molecule has 0 aliphatic heterocycles. The van der Waals surface area contributed by atoms with Crippen molar-refractivity contribution in [2.75, 3.05) is 22.8 Å². The number of anilines is 2. The van der Waals surface area contributed by atoms with E-state index in [2.05, 4.69) is 5.32 Å². The van der Waals surface area contributed by atoms with E-state index in [1.54, 1.807) is 44.2 Å². The van der Waals surface area contributed by atoms with Gasteiger partial charge < -0.3 is 10.1 Å². The van der Waals surface area contributed by atoms with Crippen LogP contribution in [0.25, 0.3) is 0 Å². The number of halogens is 3. The number of carbonyl (C=O) groups is 1. The Morgan fingerprint density at radius 1 is 1.00 bits per heavy atom. The first-order valence-electron chi connectivity index (χ1n) is 10.3. The molecule has 180 valence electrons. The number of rotatable bonds is 8. The Labute approximate surface area is 196 Å². The molecule has 0 aromatic heterocycles. The fraction of sp³-hybridized carbons (Fsp3) is 0.208. The number of hydrogen-bond donors (Lipinski definition) is 1. The van der Waals surface area contributed by atoms with Gasteiger partial charge in [0.2, 0.25) is 5.91 Å². The molecule has 0 spiro atoms. The van der Waals surface area contributed by atoms with Crippen molar-refractivity contribution in [1.82, 2.24) is 0 Å². The van der Waals surface area contributed by atoms with Crippen LogP contribution >= 0.6 is 0 Å². The van der Waals surface area contributed by atoms with E-state index in [1.807, 2.05) is 0 Å². The quantitative estimate of drug-likeness (QED) is 0.466. The van der Waals surface area contributed by atoms with Crippen molar-refractivity contribution in [2.24, 2.45) is 0 Å². The summed E-state index contributed by atoms with van der Waals surface area (Å²) in [6.45, 7) is 3.11. The zero-order valence-corrected chi connectivity index (χ0v) is 19.3. The molecule has 1 amide bonds. The minimum atomic E-state index is -4.59. The van der Waals surface area contributed by atoms with Gasteiger partial charge in [0.1, 0.15) is 12.3 Å². The van der Waals surface area contributed by atoms with Gasteiger partial charge >= 0.3 is 6.18 Å². The lowest BCUT2D eigenvalue weighted by atomic mass is 10.2. The molecule has 0 aliphatic carbocycles. The van der Waals surface area contributed by atoms with E-state index in [4.69, 9.17) is 4.74 Å². The molecule has 0 unspecified atom stereocenters. The first-order chi connectivity index (χ1) is 16.0. The minimum absolute atomic E-state index is 0.0451. The van der Waals surface area contributed by atoms with Gasteiger partial charge in [0.15, 0.2) is 0 Å². The van der Waals surface area contributed by atoms with Crippen LogP contribution in [0.3, 0.4) is 0 Å². The highest BCUT2D eigenvalue weighted by Crippen LogP contribution is 2.33. The third-order valence-corrected chi connectivity index (χ3v) is 6.58. The summed E-state index contributed by atoms with van der Waals surface area (Å²) in [6, 6.07) is 16.5. The molecule has 0 aliphatic rings. The first-order valence-corrected chi connectivity index (χ1v) is 11.7. The standard InChI is InChI=1S/C24H23F3N2O4S/c1-3-33-22-10-5-4-9-21(22)29(34(31,32)20-13-11-17(2)12-14-20)16-23(30)28-19-8-6-7-18(15-19)24(25,26)27/h4-15H,3,16H2,1-2H3,(H,28,30). The SMILES string of the molecule is CCOc1ccccc1N(CC(=O)Nc1cccc(C(F)(F)F)c1)S(=O)(=O)c1ccc(C)cc1. The predicted molar refractivity (Wildman–Crippen MR) is 123 cm³/mol. The Morgan fingerprint density at radius 3 is 2.32 bits per heavy atom. The second-order valence-corrected chi connectivity index (χ2v) is 9.21. The summed E-state index contributed by atoms with van der Waals surface area (Å²) < 4.78 is 72.5. The molecule has 3 aromatic carbocycles. The van der Waals surface area contributed by atoms with Gasteiger partial charge in [-0.3, -0.25) is 9.10 Å². The third kappa shape index (κ3) is 5.88. The molecule has 0 fully saturated rings. The first kappa shape index (κ1) is 25.1. The largest absolute Gasteiger partial charge is 0.492 e. The molecule has 6 nitrogen and oxygen atoms in total. The summed E-state index contributed by atoms with van der Waals surface area (Å²) in [7, 11) is -4.22. The molecule has 3 rings (SSSR count). The lowest BCUT2D eigenvalue weighted by molar-refractivity contribution is -0.137. The van der Waals surface area contributed by atoms with Gasteiger partial charge in [0, 0.05) is 5.69 Å². The lowest BCUT2D eigenvalue weighted by Gasteiger charge is -2.26. The average molecular weight is 493 g/mol. The van der Waals surface area contributed by atoms with Gasteiger partial charge in [0.25, 0.3) is 10.0 Å². The van der Waals surface area contributed by atoms with Crippen molar-refractivity contribution in [3.05, 3.63) is 83.9 Å². The highest BCUT2D eigenvalue weighted by molar-refractivity contribution is 7.92. The second-order valence-electron chi connectivity index (χ2n) is 7.35. The number of para-hydroxylation sites is 2. The van der Waals surface area contributed by atoms with Gasteiger partial charge in [-0.25, -0.2) is 8.42 Å². The van der Waals surface area contributed by atoms with E-state index in [0.717, 1.165) is 28.1 Å². The fourth-order valence-electron chi connectivity index (χ4n) is 3.18. The maximum absolute atomic E-state index is 13.5. The van der Waals surface area contributed by atoms with E-state index < -0.39 is 34.2 Å². The van der Waals surface area contributed by atoms with Gasteiger partial charge in [-0.2, -0.15) is 13.2 Å². The smallest absolute Gasteiger partial charge is 0.416 e. The number of aryl methyl sites for hydroxylation is 1. The van der Waals surface area contributed by atoms with Crippen LogP contribution in [0.1, 0.15) is 18.1 Å². The van der Waals surface area contributed by atoms with Gasteiger partial charge in [-0.15, -0.1) is 0 Å². The number of sulfonamides is 1. The summed E-state index contributed by atoms with van der Waals surface area (Å²) in [5.41, 5.74) is -0.0617. The summed E-state index contributed by atoms with van der Waals surface area (Å²) in [5.74, 6) is -0.575. The monoisotopic (exact) mass is 492 g/mol. The minimum Gasteiger partial charge on any atom is -0.492 e. The topological polar surface area (TPSA) is 75.7 Å². The predicted octanol–water partition coefficient (Wildman–Crippen LogP) is 5.25. The Morgan fingerprint density at radius 2 is 1.68 bits per heavy atom. The van der Waals surface area contributed by atoms with Crippen molar-refractivity contribution in [3.8, 4) is 5.75 Å². The van der Waals surface area contributed by atoms with Crippen molar-refractivity contribution in [1.29, 1.82) is 0 Å². The maximum Gasteiger partial charge on any atom is 0.416 e. The zero-order chi connectivity index (χ0) is 24.9. The van der Waals surface area contributed by atoms with Crippen molar-refractivity contribution in [3.63, 3.8) is 0 Å². The normalized spacial score (nSPS) is 11.7. The van der Waals surface area contributed by atoms with Crippen molar-refractivity contribution in [2.45, 2.75) is 24.9 Å². The Hall–Kier alpha value is -3.53. The molecule has 34 heavy (non-hydrogen) atoms. The summed E-state index contributed by atoms with van der Waals surface area (Å²) in [4.78, 5) is 12.8. The maximum atomic E-state index is 13.5. The lowest BCUT2D eigenvalue weighted by Crippen LogP contribution is -2.38. The van der Waals surface area contributed by atoms with Gasteiger partial charge in [0.05, 0.1) is 22.8 Å². The summed E-state index contributed by atoms with van der Waals surface area (Å²) in [6.07, 6.45) is -4.59. The van der Waals surface area contributed by atoms with Gasteiger partial charge in [-0.1, -0.05) is 35.9 Å². The highest BCUT2D eigenvalue weighted by Gasteiger charge is 2.31. The van der Waals surface area contributed by atoms with Crippen LogP contribution in [-0.2, 0) is 21.0 Å². The Balaban J connectivity index is 1.98. The van der Waals surface area contributed by atoms with Crippen LogP contribution in [0.15, 0.2) is 77.7 Å². The molecule has 1 N–H and O–H groups in total. The number of amides is 1. The molecule has 0 radical (unpaired) electrons. The van der Waals surface area contributed by atoms with E-state index in [0.29, 0.717) is 0 Å². The second kappa shape index (κ2) is 10.2. The number of ether oxygens (including phenoxy) is 1. The number of nitrogens with zero attached hydrogens (tertiary/aromatic N) is 1. The highest BCUT2D eigenvalue weighted by atomic mass is 32.2. The van der Waals surface area contributed by atoms with Gasteiger partial charge in [-0.05, 0) is 56.3 Å². The van der Waals surface area contributed by atoms with Crippen LogP contribution < -0.4 is 14.4 Å². The van der Waals surface area contributed by atoms with Crippen molar-refractivity contribution < 1.29 is 31.1 Å². The van der Waals surface area contributed by atoms with E-state index in [9.17, 15) is 26.4 Å². The Bertz CT molecular complexity index is 1260. The molecule has 0 bridgehead atoms. The fourth-order valence-corrected chi connectivity index (χ4v) is 4.61. The third-order valence-electron chi connectivity index (χ3n) is 4.80. The number of nitrogens with one attached hydrogen (secondary N) is 1. The van der Waals surface area contributed by atoms with Crippen molar-refractivity contribution >= 4 is 27.3 Å². The molecule has 10 heteroatoms. The molecule has 0 atom stereocenters. The number of alkyl halides is 3. The van der Waals surface area contributed by atoms with Crippen LogP contribution in [0.2, 0.25) is 0 Å². The zero-order valence-electron chi connectivity index (χ0n) is 18.5. The summed E-state index contributed by atoms with van der Waals surface area (Å²) in [5, 5.41) is 2.35. The average Bonchev–Trinajstić information content (AvgIpc) is 2.78. The van der Waals surface area contributed by atoms with E-state index in [-0.39, 0.29) is 28.6 Å². The Kier molecular flexibility index (Phi) is 7.51. The molecule has 0 saturated carbocycles. The molecule has 0 saturated heterocycles. The van der Waals surface area contributed by atoms with Crippen LogP contribution in [0.5, 0.6) is 5.75 Å². The van der Waals surface area contributed by atoms with Crippen LogP contribution in [0, 0.1) is 6.92 Å². The molecule has 3 aromatic rings. The molecule has 0 heterocycles. The number of hydrogen-bond acceptors (Lipinski definition) is 4.